The van der Waals surface area contributed by atoms with Crippen molar-refractivity contribution >= 4 is 34.7 Å². The fraction of sp³-hybridized carbons (Fsp3) is 0.120. The summed E-state index contributed by atoms with van der Waals surface area (Å²) in [6.07, 6.45) is 0. The summed E-state index contributed by atoms with van der Waals surface area (Å²) >= 11 is 6.32. The smallest absolute Gasteiger partial charge is 0.300 e. The van der Waals surface area contributed by atoms with Crippen LogP contribution in [0.3, 0.4) is 0 Å². The first-order valence-electron chi connectivity index (χ1n) is 9.80. The number of ether oxygens (including phenoxy) is 2. The van der Waals surface area contributed by atoms with E-state index in [9.17, 15) is 14.7 Å². The molecule has 0 saturated carbocycles. The van der Waals surface area contributed by atoms with Gasteiger partial charge in [-0.05, 0) is 35.9 Å². The lowest BCUT2D eigenvalue weighted by atomic mass is 9.95. The van der Waals surface area contributed by atoms with Crippen LogP contribution in [0.1, 0.15) is 17.2 Å². The van der Waals surface area contributed by atoms with Crippen molar-refractivity contribution in [1.82, 2.24) is 0 Å². The van der Waals surface area contributed by atoms with Crippen LogP contribution >= 0.6 is 11.6 Å². The van der Waals surface area contributed by atoms with Crippen LogP contribution < -0.4 is 14.4 Å². The minimum atomic E-state index is -0.856. The minimum absolute atomic E-state index is 0.0563. The number of rotatable bonds is 5. The summed E-state index contributed by atoms with van der Waals surface area (Å²) in [4.78, 5) is 27.7. The molecule has 6 nitrogen and oxygen atoms in total. The molecule has 1 saturated heterocycles. The maximum atomic E-state index is 13.2. The van der Waals surface area contributed by atoms with Gasteiger partial charge in [0.15, 0.2) is 0 Å². The lowest BCUT2D eigenvalue weighted by Crippen LogP contribution is -2.29. The quantitative estimate of drug-likeness (QED) is 0.337. The van der Waals surface area contributed by atoms with Crippen LogP contribution in [0.25, 0.3) is 5.76 Å². The Morgan fingerprint density at radius 1 is 0.906 bits per heavy atom. The van der Waals surface area contributed by atoms with Crippen LogP contribution in [0.5, 0.6) is 11.5 Å². The first kappa shape index (κ1) is 21.5. The average molecular weight is 450 g/mol. The number of aliphatic hydroxyl groups excluding tert-OH is 1. The van der Waals surface area contributed by atoms with Gasteiger partial charge in [-0.2, -0.15) is 0 Å². The van der Waals surface area contributed by atoms with Gasteiger partial charge in [0.25, 0.3) is 11.7 Å². The number of ketones is 1. The van der Waals surface area contributed by atoms with Gasteiger partial charge in [0.05, 0.1) is 30.9 Å². The van der Waals surface area contributed by atoms with Crippen molar-refractivity contribution in [2.24, 2.45) is 0 Å². The maximum Gasteiger partial charge on any atom is 0.300 e. The van der Waals surface area contributed by atoms with Crippen molar-refractivity contribution in [3.05, 3.63) is 94.5 Å². The number of carbonyl (C=O) groups excluding carboxylic acids is 2. The molecule has 1 aliphatic rings. The van der Waals surface area contributed by atoms with Crippen LogP contribution in [-0.4, -0.2) is 31.0 Å². The summed E-state index contributed by atoms with van der Waals surface area (Å²) in [7, 11) is 3.01. The lowest BCUT2D eigenvalue weighted by Gasteiger charge is -2.25. The number of nitrogens with zero attached hydrogens (tertiary/aromatic N) is 1. The molecule has 0 bridgehead atoms. The van der Waals surface area contributed by atoms with E-state index in [1.165, 1.54) is 25.2 Å². The number of Topliss-reactive ketones (excluding diaryl/α,β-unsaturated/α-hetero) is 1. The number of anilines is 1. The number of hydrogen-bond acceptors (Lipinski definition) is 5. The van der Waals surface area contributed by atoms with Crippen LogP contribution in [-0.2, 0) is 9.59 Å². The highest BCUT2D eigenvalue weighted by Crippen LogP contribution is 2.43. The number of benzene rings is 3. The minimum Gasteiger partial charge on any atom is -0.507 e. The van der Waals surface area contributed by atoms with Crippen LogP contribution in [0.15, 0.2) is 78.4 Å². The standard InChI is InChI=1S/C25H20ClNO5/c1-31-17-10-6-9-16(13-17)27-22(15-7-4-3-5-8-15)21(24(29)25(27)30)23(28)19-14-18(32-2)11-12-20(19)26/h3-14,22,28H,1-2H3/b23-21+. The fourth-order valence-electron chi connectivity index (χ4n) is 3.77. The Hall–Kier alpha value is -3.77. The molecule has 1 aliphatic heterocycles. The van der Waals surface area contributed by atoms with E-state index in [0.29, 0.717) is 22.7 Å². The highest BCUT2D eigenvalue weighted by molar-refractivity contribution is 6.52. The number of hydrogen-bond donors (Lipinski definition) is 1. The molecule has 0 spiro atoms. The van der Waals surface area contributed by atoms with Gasteiger partial charge in [-0.3, -0.25) is 14.5 Å². The fourth-order valence-corrected chi connectivity index (χ4v) is 3.97. The van der Waals surface area contributed by atoms with E-state index >= 15 is 0 Å². The molecular formula is C25H20ClNO5. The summed E-state index contributed by atoms with van der Waals surface area (Å²) in [5.74, 6) is -0.946. The largest absolute Gasteiger partial charge is 0.507 e. The highest BCUT2D eigenvalue weighted by Gasteiger charge is 2.47. The zero-order valence-corrected chi connectivity index (χ0v) is 18.2. The molecular weight excluding hydrogens is 430 g/mol. The zero-order chi connectivity index (χ0) is 22.8. The van der Waals surface area contributed by atoms with E-state index in [1.807, 2.05) is 6.07 Å². The summed E-state index contributed by atoms with van der Waals surface area (Å²) in [6, 6.07) is 19.8. The molecule has 1 unspecified atom stereocenters. The Labute approximate surface area is 190 Å². The Bertz CT molecular complexity index is 1220. The molecule has 0 aromatic heterocycles. The monoisotopic (exact) mass is 449 g/mol. The van der Waals surface area contributed by atoms with Crippen LogP contribution in [0, 0.1) is 0 Å². The molecule has 3 aromatic carbocycles. The van der Waals surface area contributed by atoms with E-state index in [4.69, 9.17) is 21.1 Å². The molecule has 1 N–H and O–H groups in total. The lowest BCUT2D eigenvalue weighted by molar-refractivity contribution is -0.132. The summed E-state index contributed by atoms with van der Waals surface area (Å²) in [5.41, 5.74) is 1.28. The second-order valence-electron chi connectivity index (χ2n) is 7.13. The molecule has 1 fully saturated rings. The molecule has 32 heavy (non-hydrogen) atoms. The third-order valence-electron chi connectivity index (χ3n) is 5.32. The molecule has 4 rings (SSSR count). The van der Waals surface area contributed by atoms with Crippen molar-refractivity contribution in [2.75, 3.05) is 19.1 Å². The summed E-state index contributed by atoms with van der Waals surface area (Å²) < 4.78 is 10.5. The van der Waals surface area contributed by atoms with Crippen LogP contribution in [0.2, 0.25) is 5.02 Å². The Kier molecular flexibility index (Phi) is 5.88. The molecule has 162 valence electrons. The number of halogens is 1. The Balaban J connectivity index is 1.96. The number of carbonyl (C=O) groups is 2. The number of methoxy groups -OCH3 is 2. The molecule has 3 aromatic rings. The Morgan fingerprint density at radius 3 is 2.28 bits per heavy atom. The molecule has 0 aliphatic carbocycles. The highest BCUT2D eigenvalue weighted by atomic mass is 35.5. The van der Waals surface area contributed by atoms with E-state index in [0.717, 1.165) is 0 Å². The van der Waals surface area contributed by atoms with Gasteiger partial charge in [-0.1, -0.05) is 48.0 Å². The van der Waals surface area contributed by atoms with Gasteiger partial charge in [0, 0.05) is 17.3 Å². The molecule has 1 atom stereocenters. The van der Waals surface area contributed by atoms with Crippen molar-refractivity contribution in [1.29, 1.82) is 0 Å². The van der Waals surface area contributed by atoms with Crippen molar-refractivity contribution in [3.63, 3.8) is 0 Å². The van der Waals surface area contributed by atoms with Gasteiger partial charge in [0.1, 0.15) is 17.3 Å². The molecule has 0 radical (unpaired) electrons. The normalized spacial score (nSPS) is 17.5. The number of aliphatic hydroxyl groups is 1. The van der Waals surface area contributed by atoms with E-state index in [2.05, 4.69) is 0 Å². The zero-order valence-electron chi connectivity index (χ0n) is 17.4. The van der Waals surface area contributed by atoms with Gasteiger partial charge in [0.2, 0.25) is 0 Å². The second-order valence-corrected chi connectivity index (χ2v) is 7.53. The molecule has 1 amide bonds. The first-order chi connectivity index (χ1) is 15.5. The van der Waals surface area contributed by atoms with Gasteiger partial charge < -0.3 is 14.6 Å². The summed E-state index contributed by atoms with van der Waals surface area (Å²) in [6.45, 7) is 0. The van der Waals surface area contributed by atoms with E-state index < -0.39 is 17.7 Å². The third kappa shape index (κ3) is 3.69. The Morgan fingerprint density at radius 2 is 1.59 bits per heavy atom. The van der Waals surface area contributed by atoms with E-state index in [-0.39, 0.29) is 21.9 Å². The van der Waals surface area contributed by atoms with Crippen LogP contribution in [0.4, 0.5) is 5.69 Å². The van der Waals surface area contributed by atoms with Gasteiger partial charge in [-0.25, -0.2) is 0 Å². The maximum absolute atomic E-state index is 13.2. The van der Waals surface area contributed by atoms with Crippen molar-refractivity contribution in [3.8, 4) is 11.5 Å². The van der Waals surface area contributed by atoms with Gasteiger partial charge in [-0.15, -0.1) is 0 Å². The predicted molar refractivity (Wildman–Crippen MR) is 122 cm³/mol. The third-order valence-corrected chi connectivity index (χ3v) is 5.65. The van der Waals surface area contributed by atoms with E-state index in [1.54, 1.807) is 60.7 Å². The molecule has 1 heterocycles. The molecule has 7 heteroatoms. The topological polar surface area (TPSA) is 76.1 Å². The van der Waals surface area contributed by atoms with Crippen molar-refractivity contribution < 1.29 is 24.2 Å². The number of amides is 1. The second kappa shape index (κ2) is 8.77. The SMILES string of the molecule is COc1cccc(N2C(=O)C(=O)/C(=C(/O)c3cc(OC)ccc3Cl)C2c2ccccc2)c1. The average Bonchev–Trinajstić information content (AvgIpc) is 3.10. The van der Waals surface area contributed by atoms with Crippen molar-refractivity contribution in [2.45, 2.75) is 6.04 Å². The predicted octanol–water partition coefficient (Wildman–Crippen LogP) is 4.98. The van der Waals surface area contributed by atoms with Gasteiger partial charge >= 0.3 is 0 Å². The first-order valence-corrected chi connectivity index (χ1v) is 10.2. The summed E-state index contributed by atoms with van der Waals surface area (Å²) in [5, 5.41) is 11.4.